The molecule has 0 aromatic carbocycles. The highest BCUT2D eigenvalue weighted by molar-refractivity contribution is 5.89. The maximum Gasteiger partial charge on any atom is 0.358 e. The first-order chi connectivity index (χ1) is 6.61. The fourth-order valence-corrected chi connectivity index (χ4v) is 1.75. The van der Waals surface area contributed by atoms with Crippen molar-refractivity contribution in [2.24, 2.45) is 0 Å². The molecule has 1 N–H and O–H groups in total. The van der Waals surface area contributed by atoms with Crippen LogP contribution in [-0.4, -0.2) is 28.8 Å². The number of aromatic carboxylic acids is 1. The minimum absolute atomic E-state index is 0.0585. The second-order valence-electron chi connectivity index (χ2n) is 3.66. The third kappa shape index (κ3) is 1.16. The zero-order valence-corrected chi connectivity index (χ0v) is 8.15. The highest BCUT2D eigenvalue weighted by atomic mass is 16.5. The summed E-state index contributed by atoms with van der Waals surface area (Å²) in [6.45, 7) is 4.89. The Morgan fingerprint density at radius 3 is 2.93 bits per heavy atom. The number of aromatic nitrogens is 1. The van der Waals surface area contributed by atoms with Crippen molar-refractivity contribution in [3.8, 4) is 0 Å². The Bertz CT molecular complexity index is 370. The van der Waals surface area contributed by atoms with Crippen LogP contribution in [0.15, 0.2) is 4.52 Å². The fourth-order valence-electron chi connectivity index (χ4n) is 1.75. The predicted octanol–water partition coefficient (Wildman–Crippen LogP) is 1.14. The fraction of sp³-hybridized carbons (Fsp3) is 0.556. The van der Waals surface area contributed by atoms with Gasteiger partial charge in [-0.05, 0) is 20.3 Å². The van der Waals surface area contributed by atoms with Crippen LogP contribution in [0.2, 0.25) is 0 Å². The van der Waals surface area contributed by atoms with Crippen molar-refractivity contribution in [1.29, 1.82) is 0 Å². The van der Waals surface area contributed by atoms with Crippen LogP contribution in [0.1, 0.15) is 29.9 Å². The molecular formula is C9H12N2O3. The minimum Gasteiger partial charge on any atom is -0.476 e. The normalized spacial score (nSPS) is 14.9. The zero-order chi connectivity index (χ0) is 10.3. The van der Waals surface area contributed by atoms with E-state index in [0.29, 0.717) is 18.3 Å². The summed E-state index contributed by atoms with van der Waals surface area (Å²) >= 11 is 0. The van der Waals surface area contributed by atoms with E-state index < -0.39 is 5.97 Å². The first-order valence-electron chi connectivity index (χ1n) is 4.59. The van der Waals surface area contributed by atoms with E-state index in [2.05, 4.69) is 5.16 Å². The van der Waals surface area contributed by atoms with Gasteiger partial charge in [0.15, 0.2) is 5.69 Å². The number of carboxylic acids is 1. The van der Waals surface area contributed by atoms with Gasteiger partial charge in [-0.3, -0.25) is 0 Å². The molecule has 1 aliphatic rings. The van der Waals surface area contributed by atoms with Crippen molar-refractivity contribution in [2.75, 3.05) is 11.4 Å². The van der Waals surface area contributed by atoms with E-state index in [-0.39, 0.29) is 5.69 Å². The largest absolute Gasteiger partial charge is 0.476 e. The van der Waals surface area contributed by atoms with Crippen molar-refractivity contribution < 1.29 is 14.4 Å². The van der Waals surface area contributed by atoms with Gasteiger partial charge in [-0.2, -0.15) is 0 Å². The van der Waals surface area contributed by atoms with Crippen molar-refractivity contribution in [2.45, 2.75) is 26.3 Å². The minimum atomic E-state index is -1.01. The first kappa shape index (κ1) is 9.05. The van der Waals surface area contributed by atoms with Crippen molar-refractivity contribution >= 4 is 11.9 Å². The Hall–Kier alpha value is -1.52. The summed E-state index contributed by atoms with van der Waals surface area (Å²) in [5, 5.41) is 12.4. The lowest BCUT2D eigenvalue weighted by Gasteiger charge is -2.19. The molecule has 0 unspecified atom stereocenters. The molecule has 0 amide bonds. The lowest BCUT2D eigenvalue weighted by molar-refractivity contribution is 0.0684. The molecule has 0 fully saturated rings. The Labute approximate surface area is 81.3 Å². The highest BCUT2D eigenvalue weighted by Crippen LogP contribution is 2.31. The van der Waals surface area contributed by atoms with E-state index in [1.165, 1.54) is 0 Å². The molecule has 0 spiro atoms. The average molecular weight is 196 g/mol. The van der Waals surface area contributed by atoms with E-state index in [1.807, 2.05) is 18.7 Å². The van der Waals surface area contributed by atoms with Crippen LogP contribution >= 0.6 is 0 Å². The maximum atomic E-state index is 10.8. The van der Waals surface area contributed by atoms with Gasteiger partial charge in [0.1, 0.15) is 0 Å². The molecule has 5 nitrogen and oxygen atoms in total. The summed E-state index contributed by atoms with van der Waals surface area (Å²) in [7, 11) is 0. The maximum absolute atomic E-state index is 10.8. The number of nitrogens with zero attached hydrogens (tertiary/aromatic N) is 2. The molecule has 1 aromatic heterocycles. The molecule has 0 atom stereocenters. The zero-order valence-electron chi connectivity index (χ0n) is 8.15. The molecule has 0 radical (unpaired) electrons. The van der Waals surface area contributed by atoms with Crippen LogP contribution in [-0.2, 0) is 6.42 Å². The monoisotopic (exact) mass is 196 g/mol. The van der Waals surface area contributed by atoms with Gasteiger partial charge < -0.3 is 14.5 Å². The third-order valence-corrected chi connectivity index (χ3v) is 2.46. The number of hydrogen-bond acceptors (Lipinski definition) is 4. The molecule has 14 heavy (non-hydrogen) atoms. The molecule has 76 valence electrons. The molecule has 0 aliphatic carbocycles. The van der Waals surface area contributed by atoms with Gasteiger partial charge in [0, 0.05) is 12.6 Å². The third-order valence-electron chi connectivity index (χ3n) is 2.46. The Kier molecular flexibility index (Phi) is 1.94. The summed E-state index contributed by atoms with van der Waals surface area (Å²) < 4.78 is 5.04. The van der Waals surface area contributed by atoms with Gasteiger partial charge in [-0.1, -0.05) is 5.16 Å². The lowest BCUT2D eigenvalue weighted by Crippen LogP contribution is -2.28. The number of anilines is 1. The van der Waals surface area contributed by atoms with E-state index in [1.54, 1.807) is 0 Å². The van der Waals surface area contributed by atoms with Gasteiger partial charge in [0.25, 0.3) is 0 Å². The summed E-state index contributed by atoms with van der Waals surface area (Å²) in [5.74, 6) is -0.391. The molecule has 5 heteroatoms. The second-order valence-corrected chi connectivity index (χ2v) is 3.66. The molecule has 0 saturated carbocycles. The summed E-state index contributed by atoms with van der Waals surface area (Å²) in [5.41, 5.74) is 0.786. The van der Waals surface area contributed by atoms with Crippen LogP contribution in [0.5, 0.6) is 0 Å². The number of carbonyl (C=O) groups is 1. The van der Waals surface area contributed by atoms with Crippen molar-refractivity contribution in [3.05, 3.63) is 11.3 Å². The Morgan fingerprint density at radius 2 is 2.36 bits per heavy atom. The smallest absolute Gasteiger partial charge is 0.358 e. The summed E-state index contributed by atoms with van der Waals surface area (Å²) in [6.07, 6.45) is 0.707. The second kappa shape index (κ2) is 3.01. The van der Waals surface area contributed by atoms with Crippen LogP contribution in [0, 0.1) is 0 Å². The van der Waals surface area contributed by atoms with Gasteiger partial charge in [0.2, 0.25) is 5.88 Å². The number of rotatable bonds is 2. The number of carboxylic acid groups (broad SMARTS) is 1. The van der Waals surface area contributed by atoms with Gasteiger partial charge in [-0.25, -0.2) is 4.79 Å². The molecule has 1 aliphatic heterocycles. The van der Waals surface area contributed by atoms with Crippen LogP contribution in [0.4, 0.5) is 5.88 Å². The standard InChI is InChI=1S/C9H12N2O3/c1-5(2)11-4-3-6-7(9(12)13)10-14-8(6)11/h5H,3-4H2,1-2H3,(H,12,13). The summed E-state index contributed by atoms with van der Waals surface area (Å²) in [6, 6.07) is 0.311. The van der Waals surface area contributed by atoms with Crippen LogP contribution in [0.25, 0.3) is 0 Å². The highest BCUT2D eigenvalue weighted by Gasteiger charge is 2.31. The summed E-state index contributed by atoms with van der Waals surface area (Å²) in [4.78, 5) is 12.8. The van der Waals surface area contributed by atoms with E-state index in [0.717, 1.165) is 12.1 Å². The van der Waals surface area contributed by atoms with Gasteiger partial charge in [-0.15, -0.1) is 0 Å². The van der Waals surface area contributed by atoms with Crippen molar-refractivity contribution in [1.82, 2.24) is 5.16 Å². The van der Waals surface area contributed by atoms with E-state index in [4.69, 9.17) is 9.63 Å². The molecule has 2 heterocycles. The van der Waals surface area contributed by atoms with Crippen LogP contribution < -0.4 is 4.90 Å². The topological polar surface area (TPSA) is 66.6 Å². The quantitative estimate of drug-likeness (QED) is 0.768. The van der Waals surface area contributed by atoms with E-state index in [9.17, 15) is 4.79 Å². The van der Waals surface area contributed by atoms with Crippen molar-refractivity contribution in [3.63, 3.8) is 0 Å². The number of fused-ring (bicyclic) bond motifs is 1. The van der Waals surface area contributed by atoms with E-state index >= 15 is 0 Å². The Morgan fingerprint density at radius 1 is 1.64 bits per heavy atom. The van der Waals surface area contributed by atoms with Crippen LogP contribution in [0.3, 0.4) is 0 Å². The molecule has 2 rings (SSSR count). The molecule has 0 bridgehead atoms. The molecular weight excluding hydrogens is 184 g/mol. The predicted molar refractivity (Wildman–Crippen MR) is 49.6 cm³/mol. The SMILES string of the molecule is CC(C)N1CCc2c(C(=O)O)noc21. The van der Waals surface area contributed by atoms with Gasteiger partial charge >= 0.3 is 5.97 Å². The average Bonchev–Trinajstić information content (AvgIpc) is 2.59. The lowest BCUT2D eigenvalue weighted by atomic mass is 10.2. The Balaban J connectivity index is 2.39. The molecule has 1 aromatic rings. The van der Waals surface area contributed by atoms with Gasteiger partial charge in [0.05, 0.1) is 5.56 Å². The number of hydrogen-bond donors (Lipinski definition) is 1. The first-order valence-corrected chi connectivity index (χ1v) is 4.59. The molecule has 0 saturated heterocycles.